The maximum absolute atomic E-state index is 12.7. The largest absolute Gasteiger partial charge is 0.436 e. The number of rotatable bonds is 4. The summed E-state index contributed by atoms with van der Waals surface area (Å²) in [6.07, 6.45) is 5.16. The molecule has 0 bridgehead atoms. The normalized spacial score (nSPS) is 25.9. The highest BCUT2D eigenvalue weighted by atomic mass is 16.4. The molecule has 0 aromatic carbocycles. The van der Waals surface area contributed by atoms with Gasteiger partial charge in [-0.2, -0.15) is 0 Å². The Morgan fingerprint density at radius 1 is 1.17 bits per heavy atom. The fraction of sp³-hybridized carbons (Fsp3) is 0.778. The van der Waals surface area contributed by atoms with Crippen LogP contribution in [0.2, 0.25) is 0 Å². The van der Waals surface area contributed by atoms with Gasteiger partial charge in [-0.15, -0.1) is 0 Å². The Hall–Kier alpha value is -1.40. The SMILES string of the molecule is Cc1nc(C)c(C(=O)N2C[C@@H](CN3CCCCCC3)[C@@H](CO)C2)o1. The molecule has 1 aromatic heterocycles. The van der Waals surface area contributed by atoms with Crippen LogP contribution in [0.3, 0.4) is 0 Å². The van der Waals surface area contributed by atoms with Crippen LogP contribution < -0.4 is 0 Å². The Balaban J connectivity index is 1.65. The molecule has 6 nitrogen and oxygen atoms in total. The van der Waals surface area contributed by atoms with Crippen LogP contribution in [-0.2, 0) is 0 Å². The summed E-state index contributed by atoms with van der Waals surface area (Å²) in [6.45, 7) is 8.25. The Bertz CT molecular complexity index is 564. The summed E-state index contributed by atoms with van der Waals surface area (Å²) in [5.74, 6) is 1.27. The molecule has 3 heterocycles. The topological polar surface area (TPSA) is 69.8 Å². The molecular weight excluding hydrogens is 306 g/mol. The lowest BCUT2D eigenvalue weighted by atomic mass is 9.96. The molecule has 2 saturated heterocycles. The van der Waals surface area contributed by atoms with E-state index in [9.17, 15) is 9.90 Å². The molecule has 0 spiro atoms. The van der Waals surface area contributed by atoms with Crippen molar-refractivity contribution in [3.63, 3.8) is 0 Å². The van der Waals surface area contributed by atoms with Crippen LogP contribution in [0.25, 0.3) is 0 Å². The quantitative estimate of drug-likeness (QED) is 0.909. The van der Waals surface area contributed by atoms with E-state index in [2.05, 4.69) is 9.88 Å². The van der Waals surface area contributed by atoms with Crippen molar-refractivity contribution in [2.45, 2.75) is 39.5 Å². The number of nitrogens with zero attached hydrogens (tertiary/aromatic N) is 3. The molecule has 1 aromatic rings. The van der Waals surface area contributed by atoms with Crippen molar-refractivity contribution >= 4 is 5.91 Å². The third-order valence-electron chi connectivity index (χ3n) is 5.39. The van der Waals surface area contributed by atoms with Crippen LogP contribution in [0.5, 0.6) is 0 Å². The van der Waals surface area contributed by atoms with E-state index in [0.29, 0.717) is 36.4 Å². The van der Waals surface area contributed by atoms with Crippen molar-refractivity contribution in [2.75, 3.05) is 39.3 Å². The molecule has 2 fully saturated rings. The van der Waals surface area contributed by atoms with Gasteiger partial charge in [-0.3, -0.25) is 4.79 Å². The van der Waals surface area contributed by atoms with E-state index in [1.54, 1.807) is 13.8 Å². The Kier molecular flexibility index (Phi) is 5.56. The summed E-state index contributed by atoms with van der Waals surface area (Å²) in [6, 6.07) is 0. The minimum absolute atomic E-state index is 0.0927. The predicted octanol–water partition coefficient (Wildman–Crippen LogP) is 1.85. The molecule has 0 saturated carbocycles. The van der Waals surface area contributed by atoms with Crippen LogP contribution in [0.4, 0.5) is 0 Å². The molecule has 2 aliphatic heterocycles. The Morgan fingerprint density at radius 3 is 2.42 bits per heavy atom. The number of carbonyl (C=O) groups excluding carboxylic acids is 1. The first-order valence-corrected chi connectivity index (χ1v) is 9.15. The number of oxazole rings is 1. The van der Waals surface area contributed by atoms with Crippen LogP contribution in [0.1, 0.15) is 47.8 Å². The number of likely N-dealkylation sites (tertiary alicyclic amines) is 2. The molecule has 24 heavy (non-hydrogen) atoms. The molecule has 0 aliphatic carbocycles. The lowest BCUT2D eigenvalue weighted by molar-refractivity contribution is 0.0745. The van der Waals surface area contributed by atoms with E-state index >= 15 is 0 Å². The van der Waals surface area contributed by atoms with Crippen molar-refractivity contribution < 1.29 is 14.3 Å². The van der Waals surface area contributed by atoms with E-state index in [4.69, 9.17) is 4.42 Å². The third-order valence-corrected chi connectivity index (χ3v) is 5.39. The van der Waals surface area contributed by atoms with Gasteiger partial charge in [0.05, 0.1) is 5.69 Å². The van der Waals surface area contributed by atoms with Gasteiger partial charge in [-0.25, -0.2) is 4.98 Å². The summed E-state index contributed by atoms with van der Waals surface area (Å²) in [7, 11) is 0. The molecule has 2 aliphatic rings. The van der Waals surface area contributed by atoms with Gasteiger partial charge in [-0.1, -0.05) is 12.8 Å². The summed E-state index contributed by atoms with van der Waals surface area (Å²) in [5, 5.41) is 9.76. The van der Waals surface area contributed by atoms with E-state index in [1.165, 1.54) is 25.7 Å². The minimum atomic E-state index is -0.0927. The first kappa shape index (κ1) is 17.4. The van der Waals surface area contributed by atoms with Crippen LogP contribution in [0.15, 0.2) is 4.42 Å². The van der Waals surface area contributed by atoms with Crippen molar-refractivity contribution in [1.82, 2.24) is 14.8 Å². The van der Waals surface area contributed by atoms with Gasteiger partial charge >= 0.3 is 0 Å². The molecule has 1 N–H and O–H groups in total. The number of aliphatic hydroxyl groups excluding tert-OH is 1. The smallest absolute Gasteiger partial charge is 0.291 e. The van der Waals surface area contributed by atoms with Gasteiger partial charge < -0.3 is 19.3 Å². The number of aryl methyl sites for hydroxylation is 2. The van der Waals surface area contributed by atoms with Gasteiger partial charge in [0, 0.05) is 39.1 Å². The number of carbonyl (C=O) groups is 1. The molecule has 6 heteroatoms. The predicted molar refractivity (Wildman–Crippen MR) is 90.9 cm³/mol. The maximum atomic E-state index is 12.7. The first-order valence-electron chi connectivity index (χ1n) is 9.15. The summed E-state index contributed by atoms with van der Waals surface area (Å²) >= 11 is 0. The zero-order valence-electron chi connectivity index (χ0n) is 14.8. The zero-order valence-corrected chi connectivity index (χ0v) is 14.8. The summed E-state index contributed by atoms with van der Waals surface area (Å²) in [4.78, 5) is 21.3. The Labute approximate surface area is 143 Å². The monoisotopic (exact) mass is 335 g/mol. The van der Waals surface area contributed by atoms with Crippen molar-refractivity contribution in [3.8, 4) is 0 Å². The lowest BCUT2D eigenvalue weighted by Gasteiger charge is -2.26. The van der Waals surface area contributed by atoms with Crippen molar-refractivity contribution in [3.05, 3.63) is 17.3 Å². The van der Waals surface area contributed by atoms with E-state index in [0.717, 1.165) is 19.6 Å². The van der Waals surface area contributed by atoms with Gasteiger partial charge in [0.1, 0.15) is 0 Å². The lowest BCUT2D eigenvalue weighted by Crippen LogP contribution is -2.35. The molecule has 3 rings (SSSR count). The van der Waals surface area contributed by atoms with Crippen molar-refractivity contribution in [1.29, 1.82) is 0 Å². The summed E-state index contributed by atoms with van der Waals surface area (Å²) < 4.78 is 5.48. The highest BCUT2D eigenvalue weighted by Crippen LogP contribution is 2.27. The first-order chi connectivity index (χ1) is 11.6. The highest BCUT2D eigenvalue weighted by molar-refractivity contribution is 5.92. The third kappa shape index (κ3) is 3.81. The van der Waals surface area contributed by atoms with Crippen LogP contribution >= 0.6 is 0 Å². The second-order valence-corrected chi connectivity index (χ2v) is 7.28. The fourth-order valence-corrected chi connectivity index (χ4v) is 4.04. The average molecular weight is 335 g/mol. The second-order valence-electron chi connectivity index (χ2n) is 7.28. The highest BCUT2D eigenvalue weighted by Gasteiger charge is 2.37. The van der Waals surface area contributed by atoms with Gasteiger partial charge in [-0.05, 0) is 38.8 Å². The standard InChI is InChI=1S/C18H29N3O3/c1-13-17(24-14(2)19-13)18(23)21-10-15(16(11-21)12-22)9-20-7-5-3-4-6-8-20/h15-16,22H,3-12H2,1-2H3/t15-,16-/m1/s1. The fourth-order valence-electron chi connectivity index (χ4n) is 4.04. The van der Waals surface area contributed by atoms with E-state index < -0.39 is 0 Å². The maximum Gasteiger partial charge on any atom is 0.291 e. The number of hydrogen-bond donors (Lipinski definition) is 1. The Morgan fingerprint density at radius 2 is 1.83 bits per heavy atom. The molecule has 1 amide bonds. The van der Waals surface area contributed by atoms with E-state index in [1.807, 2.05) is 4.90 Å². The molecule has 0 unspecified atom stereocenters. The minimum Gasteiger partial charge on any atom is -0.436 e. The number of aromatic nitrogens is 1. The second kappa shape index (κ2) is 7.66. The van der Waals surface area contributed by atoms with Crippen molar-refractivity contribution in [2.24, 2.45) is 11.8 Å². The molecule has 134 valence electrons. The van der Waals surface area contributed by atoms with Gasteiger partial charge in [0.25, 0.3) is 5.91 Å². The van der Waals surface area contributed by atoms with Crippen LogP contribution in [-0.4, -0.2) is 65.1 Å². The van der Waals surface area contributed by atoms with E-state index in [-0.39, 0.29) is 18.4 Å². The molecule has 0 radical (unpaired) electrons. The number of amides is 1. The molecule has 2 atom stereocenters. The van der Waals surface area contributed by atoms with Crippen LogP contribution in [0, 0.1) is 25.7 Å². The zero-order chi connectivity index (χ0) is 17.1. The van der Waals surface area contributed by atoms with Gasteiger partial charge in [0.2, 0.25) is 5.76 Å². The number of hydrogen-bond acceptors (Lipinski definition) is 5. The molecular formula is C18H29N3O3. The number of aliphatic hydroxyl groups is 1. The van der Waals surface area contributed by atoms with Gasteiger partial charge in [0.15, 0.2) is 5.89 Å². The summed E-state index contributed by atoms with van der Waals surface area (Å²) in [5.41, 5.74) is 0.647. The average Bonchev–Trinajstić information content (AvgIpc) is 3.00.